The Kier molecular flexibility index (Phi) is 6.02. The van der Waals surface area contributed by atoms with Crippen molar-refractivity contribution in [2.45, 2.75) is 6.92 Å². The fraction of sp³-hybridized carbons (Fsp3) is 0.222. The third-order valence-electron chi connectivity index (χ3n) is 3.86. The zero-order valence-corrected chi connectivity index (χ0v) is 16.5. The van der Waals surface area contributed by atoms with Crippen LogP contribution < -0.4 is 15.4 Å². The Balaban J connectivity index is 1.55. The number of nitrogens with one attached hydrogen (secondary N) is 2. The Morgan fingerprint density at radius 3 is 2.81 bits per heavy atom. The van der Waals surface area contributed by atoms with Crippen molar-refractivity contribution in [1.29, 1.82) is 0 Å². The maximum absolute atomic E-state index is 12.3. The fourth-order valence-electron chi connectivity index (χ4n) is 2.46. The molecule has 0 fully saturated rings. The highest BCUT2D eigenvalue weighted by molar-refractivity contribution is 9.10. The molecule has 0 atom stereocenters. The van der Waals surface area contributed by atoms with E-state index in [2.05, 4.69) is 41.5 Å². The van der Waals surface area contributed by atoms with Gasteiger partial charge in [0.1, 0.15) is 29.5 Å². The van der Waals surface area contributed by atoms with E-state index in [0.29, 0.717) is 34.7 Å². The van der Waals surface area contributed by atoms with Gasteiger partial charge in [-0.15, -0.1) is 0 Å². The van der Waals surface area contributed by atoms with Gasteiger partial charge in [0.15, 0.2) is 0 Å². The topological polar surface area (TPSA) is 94.0 Å². The van der Waals surface area contributed by atoms with Crippen molar-refractivity contribution in [3.05, 3.63) is 58.8 Å². The standard InChI is InChI=1S/C18H19BrN6O2/c1-12-20-7-8-25(12)17-10-16(23-11-24-17)21-5-6-22-18(26)14-9-13(27-2)3-4-15(14)19/h3-4,7-11H,5-6H2,1-2H3,(H,22,26)(H,21,23,24). The first-order valence-corrected chi connectivity index (χ1v) is 9.06. The number of aromatic nitrogens is 4. The van der Waals surface area contributed by atoms with Gasteiger partial charge >= 0.3 is 0 Å². The average Bonchev–Trinajstić information content (AvgIpc) is 3.11. The lowest BCUT2D eigenvalue weighted by molar-refractivity contribution is 0.0954. The van der Waals surface area contributed by atoms with Crippen molar-refractivity contribution in [3.63, 3.8) is 0 Å². The van der Waals surface area contributed by atoms with Crippen LogP contribution in [0.15, 0.2) is 47.5 Å². The largest absolute Gasteiger partial charge is 0.497 e. The number of ether oxygens (including phenoxy) is 1. The molecule has 8 nitrogen and oxygen atoms in total. The van der Waals surface area contributed by atoms with Crippen LogP contribution in [0.4, 0.5) is 5.82 Å². The first kappa shape index (κ1) is 18.8. The number of imidazole rings is 1. The van der Waals surface area contributed by atoms with Crippen LogP contribution in [0.1, 0.15) is 16.2 Å². The molecule has 9 heteroatoms. The molecule has 140 valence electrons. The zero-order valence-electron chi connectivity index (χ0n) is 14.9. The maximum atomic E-state index is 12.3. The van der Waals surface area contributed by atoms with Gasteiger partial charge in [-0.2, -0.15) is 0 Å². The van der Waals surface area contributed by atoms with Crippen LogP contribution in [0.3, 0.4) is 0 Å². The van der Waals surface area contributed by atoms with Crippen LogP contribution >= 0.6 is 15.9 Å². The van der Waals surface area contributed by atoms with E-state index in [0.717, 1.165) is 11.6 Å². The minimum atomic E-state index is -0.181. The molecule has 3 rings (SSSR count). The van der Waals surface area contributed by atoms with Crippen LogP contribution in [0.2, 0.25) is 0 Å². The molecule has 0 bridgehead atoms. The molecule has 0 radical (unpaired) electrons. The molecule has 0 saturated carbocycles. The smallest absolute Gasteiger partial charge is 0.252 e. The van der Waals surface area contributed by atoms with Crippen LogP contribution in [0.25, 0.3) is 5.82 Å². The SMILES string of the molecule is COc1ccc(Br)c(C(=O)NCCNc2cc(-n3ccnc3C)ncn2)c1. The minimum absolute atomic E-state index is 0.181. The predicted molar refractivity (Wildman–Crippen MR) is 105 cm³/mol. The molecule has 2 heterocycles. The third kappa shape index (κ3) is 4.62. The first-order valence-electron chi connectivity index (χ1n) is 8.26. The number of hydrogen-bond acceptors (Lipinski definition) is 6. The maximum Gasteiger partial charge on any atom is 0.252 e. The highest BCUT2D eigenvalue weighted by Gasteiger charge is 2.11. The van der Waals surface area contributed by atoms with Crippen LogP contribution in [0, 0.1) is 6.92 Å². The Hall–Kier alpha value is -2.94. The van der Waals surface area contributed by atoms with E-state index in [1.807, 2.05) is 23.8 Å². The lowest BCUT2D eigenvalue weighted by Gasteiger charge is -2.10. The molecule has 2 aromatic heterocycles. The normalized spacial score (nSPS) is 10.5. The van der Waals surface area contributed by atoms with E-state index in [1.54, 1.807) is 31.5 Å². The molecule has 1 amide bonds. The van der Waals surface area contributed by atoms with Gasteiger partial charge in [-0.25, -0.2) is 15.0 Å². The molecule has 3 aromatic rings. The van der Waals surface area contributed by atoms with Crippen molar-refractivity contribution >= 4 is 27.7 Å². The van der Waals surface area contributed by atoms with E-state index >= 15 is 0 Å². The fourth-order valence-corrected chi connectivity index (χ4v) is 2.89. The Morgan fingerprint density at radius 1 is 1.22 bits per heavy atom. The monoisotopic (exact) mass is 430 g/mol. The molecule has 27 heavy (non-hydrogen) atoms. The molecule has 0 spiro atoms. The van der Waals surface area contributed by atoms with Crippen LogP contribution in [-0.4, -0.2) is 45.6 Å². The molecule has 1 aromatic carbocycles. The van der Waals surface area contributed by atoms with Gasteiger partial charge in [-0.3, -0.25) is 9.36 Å². The van der Waals surface area contributed by atoms with E-state index in [9.17, 15) is 4.79 Å². The number of carbonyl (C=O) groups excluding carboxylic acids is 1. The summed E-state index contributed by atoms with van der Waals surface area (Å²) in [4.78, 5) is 25.0. The minimum Gasteiger partial charge on any atom is -0.497 e. The number of halogens is 1. The second kappa shape index (κ2) is 8.63. The molecule has 0 saturated heterocycles. The second-order valence-corrected chi connectivity index (χ2v) is 6.49. The number of amides is 1. The number of aryl methyl sites for hydroxylation is 1. The second-order valence-electron chi connectivity index (χ2n) is 5.63. The van der Waals surface area contributed by atoms with Gasteiger partial charge in [0.2, 0.25) is 0 Å². The Labute approximate surface area is 165 Å². The van der Waals surface area contributed by atoms with E-state index in [1.165, 1.54) is 6.33 Å². The van der Waals surface area contributed by atoms with E-state index in [-0.39, 0.29) is 5.91 Å². The molecule has 0 aliphatic carbocycles. The summed E-state index contributed by atoms with van der Waals surface area (Å²) >= 11 is 3.38. The number of anilines is 1. The third-order valence-corrected chi connectivity index (χ3v) is 4.55. The number of benzene rings is 1. The summed E-state index contributed by atoms with van der Waals surface area (Å²) in [6.07, 6.45) is 5.05. The summed E-state index contributed by atoms with van der Waals surface area (Å²) in [7, 11) is 1.57. The van der Waals surface area contributed by atoms with Gasteiger partial charge in [0.05, 0.1) is 12.7 Å². The number of methoxy groups -OCH3 is 1. The highest BCUT2D eigenvalue weighted by Crippen LogP contribution is 2.22. The van der Waals surface area contributed by atoms with Crippen molar-refractivity contribution in [1.82, 2.24) is 24.8 Å². The quantitative estimate of drug-likeness (QED) is 0.559. The lowest BCUT2D eigenvalue weighted by Crippen LogP contribution is -2.29. The number of rotatable bonds is 7. The van der Waals surface area contributed by atoms with Crippen LogP contribution in [0.5, 0.6) is 5.75 Å². The molecule has 0 unspecified atom stereocenters. The Morgan fingerprint density at radius 2 is 2.07 bits per heavy atom. The summed E-state index contributed by atoms with van der Waals surface area (Å²) in [5, 5.41) is 6.04. The summed E-state index contributed by atoms with van der Waals surface area (Å²) in [6.45, 7) is 2.86. The number of carbonyl (C=O) groups is 1. The first-order chi connectivity index (χ1) is 13.1. The molecular formula is C18H19BrN6O2. The van der Waals surface area contributed by atoms with Gasteiger partial charge in [0.25, 0.3) is 5.91 Å². The number of nitrogens with zero attached hydrogens (tertiary/aromatic N) is 4. The molecule has 0 aliphatic heterocycles. The van der Waals surface area contributed by atoms with Crippen molar-refractivity contribution in [2.24, 2.45) is 0 Å². The average molecular weight is 431 g/mol. The van der Waals surface area contributed by atoms with Gasteiger partial charge in [-0.1, -0.05) is 0 Å². The highest BCUT2D eigenvalue weighted by atomic mass is 79.9. The summed E-state index contributed by atoms with van der Waals surface area (Å²) in [6, 6.07) is 7.09. The Bertz CT molecular complexity index is 943. The molecule has 2 N–H and O–H groups in total. The van der Waals surface area contributed by atoms with Crippen molar-refractivity contribution in [2.75, 3.05) is 25.5 Å². The summed E-state index contributed by atoms with van der Waals surface area (Å²) in [5.74, 6) is 2.69. The summed E-state index contributed by atoms with van der Waals surface area (Å²) < 4.78 is 7.74. The van der Waals surface area contributed by atoms with Gasteiger partial charge < -0.3 is 15.4 Å². The van der Waals surface area contributed by atoms with E-state index < -0.39 is 0 Å². The predicted octanol–water partition coefficient (Wildman–Crippen LogP) is 2.58. The van der Waals surface area contributed by atoms with Crippen LogP contribution in [-0.2, 0) is 0 Å². The van der Waals surface area contributed by atoms with Gasteiger partial charge in [-0.05, 0) is 41.1 Å². The number of hydrogen-bond donors (Lipinski definition) is 2. The van der Waals surface area contributed by atoms with Crippen molar-refractivity contribution < 1.29 is 9.53 Å². The van der Waals surface area contributed by atoms with E-state index in [4.69, 9.17) is 4.74 Å². The van der Waals surface area contributed by atoms with Gasteiger partial charge in [0, 0.05) is 36.0 Å². The lowest BCUT2D eigenvalue weighted by atomic mass is 10.2. The van der Waals surface area contributed by atoms with Crippen molar-refractivity contribution in [3.8, 4) is 11.6 Å². The molecule has 0 aliphatic rings. The summed E-state index contributed by atoms with van der Waals surface area (Å²) in [5.41, 5.74) is 0.522. The molecular weight excluding hydrogens is 412 g/mol. The zero-order chi connectivity index (χ0) is 19.2.